The number of rotatable bonds is 0. The van der Waals surface area contributed by atoms with E-state index in [-0.39, 0.29) is 17.6 Å². The van der Waals surface area contributed by atoms with Crippen molar-refractivity contribution in [3.05, 3.63) is 35.2 Å². The Morgan fingerprint density at radius 2 is 2.19 bits per heavy atom. The lowest BCUT2D eigenvalue weighted by Crippen LogP contribution is -2.52. The number of allylic oxidation sites excluding steroid dienone is 3. The first-order chi connectivity index (χ1) is 7.77. The van der Waals surface area contributed by atoms with E-state index >= 15 is 0 Å². The highest BCUT2D eigenvalue weighted by Gasteiger charge is 2.36. The minimum atomic E-state index is -0.275. The van der Waals surface area contributed by atoms with Crippen molar-refractivity contribution in [2.24, 2.45) is 5.92 Å². The van der Waals surface area contributed by atoms with Gasteiger partial charge < -0.3 is 5.32 Å². The molecule has 16 heavy (non-hydrogen) atoms. The van der Waals surface area contributed by atoms with Gasteiger partial charge in [0.1, 0.15) is 5.70 Å². The maximum atomic E-state index is 12.1. The number of hydrogen-bond donors (Lipinski definition) is 3. The third-order valence-corrected chi connectivity index (χ3v) is 2.98. The Bertz CT molecular complexity index is 474. The molecule has 3 aliphatic rings. The highest BCUT2D eigenvalue weighted by molar-refractivity contribution is 6.10. The van der Waals surface area contributed by atoms with Gasteiger partial charge in [0.15, 0.2) is 5.78 Å². The molecule has 0 radical (unpaired) electrons. The summed E-state index contributed by atoms with van der Waals surface area (Å²) >= 11 is 0. The molecular weight excluding hydrogens is 206 g/mol. The van der Waals surface area contributed by atoms with Crippen LogP contribution < -0.4 is 16.2 Å². The summed E-state index contributed by atoms with van der Waals surface area (Å²) in [6.45, 7) is 0.379. The molecule has 3 rings (SSSR count). The summed E-state index contributed by atoms with van der Waals surface area (Å²) in [6.07, 6.45) is 6.60. The Kier molecular flexibility index (Phi) is 1.94. The van der Waals surface area contributed by atoms with Crippen molar-refractivity contribution < 1.29 is 9.59 Å². The van der Waals surface area contributed by atoms with E-state index in [0.717, 1.165) is 12.1 Å². The van der Waals surface area contributed by atoms with Crippen LogP contribution in [0.4, 0.5) is 0 Å². The number of carbonyl (C=O) groups excluding carboxylic acids is 2. The molecule has 1 amide bonds. The van der Waals surface area contributed by atoms with Gasteiger partial charge in [-0.05, 0) is 6.42 Å². The van der Waals surface area contributed by atoms with Crippen LogP contribution in [-0.2, 0) is 9.59 Å². The third kappa shape index (κ3) is 1.22. The minimum absolute atomic E-state index is 0.0123. The first kappa shape index (κ1) is 9.35. The van der Waals surface area contributed by atoms with Crippen molar-refractivity contribution >= 4 is 11.7 Å². The van der Waals surface area contributed by atoms with Crippen molar-refractivity contribution in [3.8, 4) is 0 Å². The molecule has 0 spiro atoms. The third-order valence-electron chi connectivity index (χ3n) is 2.98. The van der Waals surface area contributed by atoms with Gasteiger partial charge in [-0.2, -0.15) is 0 Å². The lowest BCUT2D eigenvalue weighted by molar-refractivity contribution is -0.122. The smallest absolute Gasteiger partial charge is 0.282 e. The molecule has 5 nitrogen and oxygen atoms in total. The molecule has 1 atom stereocenters. The number of fused-ring (bicyclic) bond motifs is 1. The average molecular weight is 217 g/mol. The molecule has 2 heterocycles. The van der Waals surface area contributed by atoms with Gasteiger partial charge in [0.05, 0.1) is 5.92 Å². The van der Waals surface area contributed by atoms with E-state index in [1.54, 1.807) is 0 Å². The van der Waals surface area contributed by atoms with Crippen LogP contribution in [0, 0.1) is 5.92 Å². The van der Waals surface area contributed by atoms with E-state index in [2.05, 4.69) is 16.2 Å². The number of amides is 1. The van der Waals surface area contributed by atoms with Crippen LogP contribution in [0.1, 0.15) is 6.42 Å². The quantitative estimate of drug-likeness (QED) is 0.479. The van der Waals surface area contributed by atoms with Crippen molar-refractivity contribution in [2.75, 3.05) is 6.54 Å². The molecule has 0 bridgehead atoms. The zero-order chi connectivity index (χ0) is 11.1. The van der Waals surface area contributed by atoms with Crippen LogP contribution >= 0.6 is 0 Å². The number of hydrazine groups is 1. The van der Waals surface area contributed by atoms with Gasteiger partial charge in [-0.25, -0.2) is 5.43 Å². The first-order valence-electron chi connectivity index (χ1n) is 5.21. The fourth-order valence-corrected chi connectivity index (χ4v) is 2.17. The summed E-state index contributed by atoms with van der Waals surface area (Å²) in [6, 6.07) is 0. The Morgan fingerprint density at radius 3 is 3.06 bits per heavy atom. The summed E-state index contributed by atoms with van der Waals surface area (Å²) in [5, 5.41) is 3.05. The van der Waals surface area contributed by atoms with Crippen molar-refractivity contribution in [1.82, 2.24) is 16.2 Å². The summed E-state index contributed by atoms with van der Waals surface area (Å²) in [7, 11) is 0. The highest BCUT2D eigenvalue weighted by Crippen LogP contribution is 2.28. The lowest BCUT2D eigenvalue weighted by Gasteiger charge is -2.32. The molecular formula is C11H11N3O2. The van der Waals surface area contributed by atoms with Crippen LogP contribution in [0.15, 0.2) is 35.2 Å². The molecule has 3 N–H and O–H groups in total. The molecule has 1 aliphatic carbocycles. The zero-order valence-corrected chi connectivity index (χ0v) is 8.54. The van der Waals surface area contributed by atoms with E-state index in [1.165, 1.54) is 0 Å². The Balaban J connectivity index is 2.08. The second kappa shape index (κ2) is 3.31. The highest BCUT2D eigenvalue weighted by atomic mass is 16.2. The number of carbonyl (C=O) groups is 2. The molecule has 0 saturated carbocycles. The monoisotopic (exact) mass is 217 g/mol. The van der Waals surface area contributed by atoms with Gasteiger partial charge in [-0.15, -0.1) is 0 Å². The van der Waals surface area contributed by atoms with Gasteiger partial charge in [0.2, 0.25) is 0 Å². The molecule has 2 aliphatic heterocycles. The SMILES string of the molecule is O=C1NNCC2=C1NC1=CCC=CC1C2=O. The second-order valence-corrected chi connectivity index (χ2v) is 3.95. The first-order valence-corrected chi connectivity index (χ1v) is 5.21. The summed E-state index contributed by atoms with van der Waals surface area (Å²) < 4.78 is 0. The number of nitrogens with one attached hydrogen (secondary N) is 3. The summed E-state index contributed by atoms with van der Waals surface area (Å²) in [5.74, 6) is -0.498. The predicted octanol–water partition coefficient (Wildman–Crippen LogP) is -0.493. The molecule has 0 saturated heterocycles. The Hall–Kier alpha value is -1.88. The average Bonchev–Trinajstić information content (AvgIpc) is 2.31. The van der Waals surface area contributed by atoms with E-state index in [4.69, 9.17) is 0 Å². The van der Waals surface area contributed by atoms with Crippen molar-refractivity contribution in [2.45, 2.75) is 6.42 Å². The minimum Gasteiger partial charge on any atom is -0.353 e. The largest absolute Gasteiger partial charge is 0.353 e. The molecule has 1 unspecified atom stereocenters. The normalized spacial score (nSPS) is 27.8. The molecule has 0 aromatic heterocycles. The van der Waals surface area contributed by atoms with Crippen LogP contribution in [-0.4, -0.2) is 18.2 Å². The fourth-order valence-electron chi connectivity index (χ4n) is 2.17. The van der Waals surface area contributed by atoms with E-state index in [9.17, 15) is 9.59 Å². The van der Waals surface area contributed by atoms with Crippen LogP contribution in [0.25, 0.3) is 0 Å². The topological polar surface area (TPSA) is 70.2 Å². The predicted molar refractivity (Wildman–Crippen MR) is 56.6 cm³/mol. The molecule has 0 aromatic carbocycles. The molecule has 0 fully saturated rings. The van der Waals surface area contributed by atoms with Gasteiger partial charge in [0, 0.05) is 17.8 Å². The molecule has 0 aromatic rings. The Morgan fingerprint density at radius 1 is 1.31 bits per heavy atom. The van der Waals surface area contributed by atoms with E-state index in [1.807, 2.05) is 18.2 Å². The van der Waals surface area contributed by atoms with Crippen LogP contribution in [0.3, 0.4) is 0 Å². The molecule has 82 valence electrons. The van der Waals surface area contributed by atoms with E-state index in [0.29, 0.717) is 17.8 Å². The number of hydrogen-bond acceptors (Lipinski definition) is 4. The Labute approximate surface area is 92.2 Å². The van der Waals surface area contributed by atoms with Gasteiger partial charge in [-0.1, -0.05) is 18.2 Å². The number of ketones is 1. The van der Waals surface area contributed by atoms with Gasteiger partial charge >= 0.3 is 0 Å². The maximum Gasteiger partial charge on any atom is 0.282 e. The lowest BCUT2D eigenvalue weighted by atomic mass is 9.85. The second-order valence-electron chi connectivity index (χ2n) is 3.95. The number of Topliss-reactive ketones (excluding diaryl/α,β-unsaturated/α-hetero) is 1. The van der Waals surface area contributed by atoms with Gasteiger partial charge in [0.25, 0.3) is 5.91 Å². The zero-order valence-electron chi connectivity index (χ0n) is 8.54. The van der Waals surface area contributed by atoms with Crippen LogP contribution in [0.2, 0.25) is 0 Å². The maximum absolute atomic E-state index is 12.1. The fraction of sp³-hybridized carbons (Fsp3) is 0.273. The summed E-state index contributed by atoms with van der Waals surface area (Å²) in [5.41, 5.74) is 6.94. The van der Waals surface area contributed by atoms with Crippen molar-refractivity contribution in [3.63, 3.8) is 0 Å². The van der Waals surface area contributed by atoms with Crippen LogP contribution in [0.5, 0.6) is 0 Å². The summed E-state index contributed by atoms with van der Waals surface area (Å²) in [4.78, 5) is 23.7. The van der Waals surface area contributed by atoms with Crippen molar-refractivity contribution in [1.29, 1.82) is 0 Å². The molecule has 5 heteroatoms. The van der Waals surface area contributed by atoms with Gasteiger partial charge in [-0.3, -0.25) is 15.0 Å². The van der Waals surface area contributed by atoms with E-state index < -0.39 is 0 Å². The standard InChI is InChI=1S/C11H11N3O2/c15-10-6-3-1-2-4-8(6)13-9-7(10)5-12-14-11(9)16/h1,3-4,6,12-13H,2,5H2,(H,14,16).